The van der Waals surface area contributed by atoms with Gasteiger partial charge in [0.05, 0.1) is 24.4 Å². The van der Waals surface area contributed by atoms with Crippen molar-refractivity contribution in [1.29, 1.82) is 0 Å². The molecule has 0 bridgehead atoms. The lowest BCUT2D eigenvalue weighted by molar-refractivity contribution is -0.0581. The predicted molar refractivity (Wildman–Crippen MR) is 88.3 cm³/mol. The van der Waals surface area contributed by atoms with E-state index < -0.39 is 0 Å². The van der Waals surface area contributed by atoms with Gasteiger partial charge in [-0.15, -0.1) is 0 Å². The number of aromatic nitrogens is 4. The highest BCUT2D eigenvalue weighted by Crippen LogP contribution is 2.29. The molecule has 1 aliphatic heterocycles. The zero-order chi connectivity index (χ0) is 16.4. The maximum absolute atomic E-state index is 6.12. The summed E-state index contributed by atoms with van der Waals surface area (Å²) in [4.78, 5) is 10.3. The number of nitrogen functional groups attached to an aromatic ring is 1. The Kier molecular flexibility index (Phi) is 4.65. The van der Waals surface area contributed by atoms with E-state index in [-0.39, 0.29) is 18.0 Å². The lowest BCUT2D eigenvalue weighted by atomic mass is 10.0. The zero-order valence-corrected chi connectivity index (χ0v) is 13.9. The largest absolute Gasteiger partial charge is 0.382 e. The van der Waals surface area contributed by atoms with Crippen LogP contribution in [0.25, 0.3) is 0 Å². The molecule has 1 fully saturated rings. The fourth-order valence-corrected chi connectivity index (χ4v) is 2.99. The van der Waals surface area contributed by atoms with Crippen LogP contribution in [0.15, 0.2) is 18.6 Å². The average molecular weight is 338 g/mol. The third kappa shape index (κ3) is 3.24. The van der Waals surface area contributed by atoms with Crippen LogP contribution in [0.5, 0.6) is 0 Å². The molecule has 0 radical (unpaired) electrons. The maximum atomic E-state index is 6.12. The van der Waals surface area contributed by atoms with Crippen LogP contribution in [0.2, 0.25) is 5.02 Å². The average Bonchev–Trinajstić information content (AvgIpc) is 2.94. The van der Waals surface area contributed by atoms with Crippen LogP contribution >= 0.6 is 11.6 Å². The number of nitrogens with one attached hydrogen (secondary N) is 1. The van der Waals surface area contributed by atoms with Crippen molar-refractivity contribution in [3.63, 3.8) is 0 Å². The molecule has 1 aliphatic rings. The minimum Gasteiger partial charge on any atom is -0.382 e. The smallest absolute Gasteiger partial charge is 0.150 e. The van der Waals surface area contributed by atoms with Gasteiger partial charge in [0, 0.05) is 26.3 Å². The lowest BCUT2D eigenvalue weighted by Crippen LogP contribution is -2.46. The molecule has 8 nitrogen and oxygen atoms in total. The molecular weight excluding hydrogens is 318 g/mol. The van der Waals surface area contributed by atoms with Gasteiger partial charge in [0.2, 0.25) is 0 Å². The van der Waals surface area contributed by atoms with Crippen LogP contribution in [-0.4, -0.2) is 57.5 Å². The van der Waals surface area contributed by atoms with E-state index in [1.807, 2.05) is 17.8 Å². The van der Waals surface area contributed by atoms with Crippen molar-refractivity contribution >= 4 is 23.2 Å². The Hall–Kier alpha value is -1.90. The number of nitrogens with two attached hydrogens (primary N) is 1. The Labute approximate surface area is 139 Å². The molecule has 2 atom stereocenters. The third-order valence-electron chi connectivity index (χ3n) is 4.05. The molecule has 3 N–H and O–H groups in total. The molecular formula is C14H20ClN7O. The minimum absolute atomic E-state index is 0.0589. The Balaban J connectivity index is 1.77. The van der Waals surface area contributed by atoms with Gasteiger partial charge in [0.1, 0.15) is 17.2 Å². The van der Waals surface area contributed by atoms with Crippen molar-refractivity contribution < 1.29 is 4.74 Å². The highest BCUT2D eigenvalue weighted by molar-refractivity contribution is 6.35. The molecule has 0 saturated carbocycles. The number of hydrogen-bond donors (Lipinski definition) is 2. The van der Waals surface area contributed by atoms with Gasteiger partial charge < -0.3 is 15.8 Å². The van der Waals surface area contributed by atoms with Crippen molar-refractivity contribution in [3.05, 3.63) is 29.3 Å². The number of hydrogen-bond acceptors (Lipinski definition) is 7. The van der Waals surface area contributed by atoms with Gasteiger partial charge in [-0.3, -0.25) is 9.58 Å². The molecule has 0 spiro atoms. The normalized spacial score (nSPS) is 22.2. The fraction of sp³-hybridized carbons (Fsp3) is 0.500. The quantitative estimate of drug-likeness (QED) is 0.857. The summed E-state index contributed by atoms with van der Waals surface area (Å²) in [5.41, 5.74) is 6.81. The molecule has 0 aliphatic carbocycles. The molecule has 23 heavy (non-hydrogen) atoms. The Bertz CT molecular complexity index is 677. The summed E-state index contributed by atoms with van der Waals surface area (Å²) in [7, 11) is 4.02. The summed E-state index contributed by atoms with van der Waals surface area (Å²) in [5, 5.41) is 7.80. The standard InChI is InChI=1S/C14H20ClN7O/c1-21-5-6-23-10(12(21)9-3-4-20-22(9)2)7-17-14-11(15)13(16)18-8-19-14/h3-4,8,10,12H,5-7H2,1-2H3,(H3,16,17,18,19)/t10-,12-/m0/s1. The van der Waals surface area contributed by atoms with E-state index in [1.54, 1.807) is 6.20 Å². The number of aryl methyl sites for hydroxylation is 1. The third-order valence-corrected chi connectivity index (χ3v) is 4.42. The molecule has 3 rings (SSSR count). The van der Waals surface area contributed by atoms with E-state index in [9.17, 15) is 0 Å². The number of morpholine rings is 1. The maximum Gasteiger partial charge on any atom is 0.150 e. The number of nitrogens with zero attached hydrogens (tertiary/aromatic N) is 5. The molecule has 3 heterocycles. The van der Waals surface area contributed by atoms with Crippen molar-refractivity contribution in [3.8, 4) is 0 Å². The zero-order valence-electron chi connectivity index (χ0n) is 13.1. The molecule has 124 valence electrons. The first-order valence-corrected chi connectivity index (χ1v) is 7.75. The van der Waals surface area contributed by atoms with E-state index in [4.69, 9.17) is 22.1 Å². The van der Waals surface area contributed by atoms with E-state index in [2.05, 4.69) is 32.3 Å². The Morgan fingerprint density at radius 1 is 1.43 bits per heavy atom. The van der Waals surface area contributed by atoms with Gasteiger partial charge >= 0.3 is 0 Å². The fourth-order valence-electron chi connectivity index (χ4n) is 2.83. The molecule has 2 aromatic rings. The van der Waals surface area contributed by atoms with Gasteiger partial charge in [-0.1, -0.05) is 11.6 Å². The van der Waals surface area contributed by atoms with Crippen LogP contribution < -0.4 is 11.1 Å². The van der Waals surface area contributed by atoms with Crippen molar-refractivity contribution in [1.82, 2.24) is 24.6 Å². The van der Waals surface area contributed by atoms with Gasteiger partial charge in [-0.2, -0.15) is 5.10 Å². The SMILES string of the molecule is CN1CCO[C@@H](CNc2ncnc(N)c2Cl)[C@@H]1c1ccnn1C. The first kappa shape index (κ1) is 16.0. The molecule has 0 aromatic carbocycles. The number of likely N-dealkylation sites (N-methyl/N-ethyl adjacent to an activating group) is 1. The van der Waals surface area contributed by atoms with Crippen LogP contribution in [0.4, 0.5) is 11.6 Å². The second-order valence-corrected chi connectivity index (χ2v) is 5.89. The van der Waals surface area contributed by atoms with Crippen LogP contribution in [0.1, 0.15) is 11.7 Å². The Morgan fingerprint density at radius 3 is 3.00 bits per heavy atom. The molecule has 0 amide bonds. The summed E-state index contributed by atoms with van der Waals surface area (Å²) >= 11 is 6.12. The van der Waals surface area contributed by atoms with E-state index >= 15 is 0 Å². The predicted octanol–water partition coefficient (Wildman–Crippen LogP) is 0.929. The van der Waals surface area contributed by atoms with Crippen molar-refractivity contribution in [2.75, 3.05) is 37.8 Å². The summed E-state index contributed by atoms with van der Waals surface area (Å²) in [6, 6.07) is 2.11. The van der Waals surface area contributed by atoms with E-state index in [0.717, 1.165) is 12.2 Å². The molecule has 1 saturated heterocycles. The van der Waals surface area contributed by atoms with E-state index in [1.165, 1.54) is 6.33 Å². The molecule has 0 unspecified atom stereocenters. The first-order chi connectivity index (χ1) is 11.1. The summed E-state index contributed by atoms with van der Waals surface area (Å²) in [5.74, 6) is 0.772. The lowest BCUT2D eigenvalue weighted by Gasteiger charge is -2.39. The number of ether oxygens (including phenoxy) is 1. The molecule has 9 heteroatoms. The van der Waals surface area contributed by atoms with Crippen LogP contribution in [0.3, 0.4) is 0 Å². The van der Waals surface area contributed by atoms with Gasteiger partial charge in [0.25, 0.3) is 0 Å². The van der Waals surface area contributed by atoms with E-state index in [0.29, 0.717) is 24.0 Å². The highest BCUT2D eigenvalue weighted by atomic mass is 35.5. The van der Waals surface area contributed by atoms with Crippen molar-refractivity contribution in [2.45, 2.75) is 12.1 Å². The van der Waals surface area contributed by atoms with Gasteiger partial charge in [-0.05, 0) is 13.1 Å². The second-order valence-electron chi connectivity index (χ2n) is 5.52. The minimum atomic E-state index is -0.0589. The van der Waals surface area contributed by atoms with Gasteiger partial charge in [-0.25, -0.2) is 9.97 Å². The number of rotatable bonds is 4. The summed E-state index contributed by atoms with van der Waals surface area (Å²) in [6.45, 7) is 2.10. The van der Waals surface area contributed by atoms with Crippen molar-refractivity contribution in [2.24, 2.45) is 7.05 Å². The summed E-state index contributed by atoms with van der Waals surface area (Å²) in [6.07, 6.45) is 3.12. The van der Waals surface area contributed by atoms with Gasteiger partial charge in [0.15, 0.2) is 5.82 Å². The second kappa shape index (κ2) is 6.69. The number of halogens is 1. The highest BCUT2D eigenvalue weighted by Gasteiger charge is 2.33. The van der Waals surface area contributed by atoms with Crippen LogP contribution in [-0.2, 0) is 11.8 Å². The summed E-state index contributed by atoms with van der Waals surface area (Å²) < 4.78 is 7.84. The monoisotopic (exact) mass is 337 g/mol. The Morgan fingerprint density at radius 2 is 2.26 bits per heavy atom. The van der Waals surface area contributed by atoms with Crippen LogP contribution in [0, 0.1) is 0 Å². The molecule has 2 aromatic heterocycles. The first-order valence-electron chi connectivity index (χ1n) is 7.37. The topological polar surface area (TPSA) is 94.1 Å². The number of anilines is 2.